The second-order valence-corrected chi connectivity index (χ2v) is 4.94. The van der Waals surface area contributed by atoms with Crippen molar-refractivity contribution in [2.24, 2.45) is 0 Å². The fourth-order valence-corrected chi connectivity index (χ4v) is 3.15. The number of halogens is 1. The van der Waals surface area contributed by atoms with E-state index in [9.17, 15) is 4.79 Å². The van der Waals surface area contributed by atoms with E-state index in [1.165, 1.54) is 7.11 Å². The second-order valence-electron chi connectivity index (χ2n) is 4.94. The van der Waals surface area contributed by atoms with Gasteiger partial charge in [0.05, 0.1) is 27.1 Å². The van der Waals surface area contributed by atoms with Crippen LogP contribution in [0.2, 0.25) is 0 Å². The van der Waals surface area contributed by atoms with E-state index in [2.05, 4.69) is 14.7 Å². The maximum Gasteiger partial charge on any atom is 0.361 e. The van der Waals surface area contributed by atoms with Gasteiger partial charge in [0.15, 0.2) is 6.54 Å². The molecular weight excluding hydrogens is 276 g/mol. The first kappa shape index (κ1) is 12.3. The van der Waals surface area contributed by atoms with E-state index in [4.69, 9.17) is 4.74 Å². The number of hydrogen-bond donors (Lipinski definition) is 0. The minimum atomic E-state index is -0.0967. The SMILES string of the molecule is COC(=O)C[N+]12CN3CN(CN(C3)C1)C2.[Br-]. The van der Waals surface area contributed by atoms with Crippen molar-refractivity contribution in [1.82, 2.24) is 14.7 Å². The van der Waals surface area contributed by atoms with Crippen molar-refractivity contribution in [2.75, 3.05) is 53.7 Å². The van der Waals surface area contributed by atoms with E-state index >= 15 is 0 Å². The van der Waals surface area contributed by atoms with Gasteiger partial charge in [-0.1, -0.05) is 0 Å². The summed E-state index contributed by atoms with van der Waals surface area (Å²) in [6.45, 7) is 6.62. The molecule has 0 aliphatic carbocycles. The van der Waals surface area contributed by atoms with Gasteiger partial charge in [-0.15, -0.1) is 0 Å². The molecule has 0 aromatic heterocycles. The smallest absolute Gasteiger partial charge is 0.361 e. The highest BCUT2D eigenvalue weighted by Crippen LogP contribution is 2.28. The molecule has 4 saturated heterocycles. The van der Waals surface area contributed by atoms with Gasteiger partial charge in [0.25, 0.3) is 0 Å². The molecule has 7 heteroatoms. The lowest BCUT2D eigenvalue weighted by Crippen LogP contribution is -3.00. The summed E-state index contributed by atoms with van der Waals surface area (Å²) in [5.74, 6) is -0.0967. The summed E-state index contributed by atoms with van der Waals surface area (Å²) in [4.78, 5) is 18.6. The van der Waals surface area contributed by atoms with Gasteiger partial charge in [-0.2, -0.15) is 0 Å². The van der Waals surface area contributed by atoms with Crippen LogP contribution in [0.3, 0.4) is 0 Å². The number of hydrogen-bond acceptors (Lipinski definition) is 5. The second kappa shape index (κ2) is 4.23. The van der Waals surface area contributed by atoms with Crippen LogP contribution in [0.4, 0.5) is 0 Å². The normalized spacial score (nSPS) is 43.9. The minimum Gasteiger partial charge on any atom is -1.00 e. The molecule has 92 valence electrons. The highest BCUT2D eigenvalue weighted by molar-refractivity contribution is 5.70. The van der Waals surface area contributed by atoms with Crippen molar-refractivity contribution in [2.45, 2.75) is 0 Å². The quantitative estimate of drug-likeness (QED) is 0.380. The van der Waals surface area contributed by atoms with Crippen LogP contribution in [-0.2, 0) is 9.53 Å². The predicted molar refractivity (Wildman–Crippen MR) is 51.9 cm³/mol. The molecule has 0 N–H and O–H groups in total. The zero-order valence-electron chi connectivity index (χ0n) is 9.43. The molecule has 4 heterocycles. The molecule has 4 rings (SSSR count). The van der Waals surface area contributed by atoms with Gasteiger partial charge in [0.1, 0.15) is 20.0 Å². The Labute approximate surface area is 106 Å². The third kappa shape index (κ3) is 1.98. The van der Waals surface area contributed by atoms with E-state index in [0.29, 0.717) is 6.54 Å². The molecule has 0 atom stereocenters. The molecule has 4 bridgehead atoms. The third-order valence-electron chi connectivity index (χ3n) is 3.39. The van der Waals surface area contributed by atoms with Crippen LogP contribution in [0.5, 0.6) is 0 Å². The highest BCUT2D eigenvalue weighted by Gasteiger charge is 2.49. The zero-order chi connectivity index (χ0) is 10.5. The van der Waals surface area contributed by atoms with Crippen LogP contribution in [0.15, 0.2) is 0 Å². The molecule has 0 radical (unpaired) electrons. The van der Waals surface area contributed by atoms with Crippen molar-refractivity contribution in [1.29, 1.82) is 0 Å². The maximum absolute atomic E-state index is 11.4. The Kier molecular flexibility index (Phi) is 3.24. The molecule has 0 aromatic carbocycles. The number of ether oxygens (including phenoxy) is 1. The van der Waals surface area contributed by atoms with Gasteiger partial charge < -0.3 is 21.7 Å². The van der Waals surface area contributed by atoms with Gasteiger partial charge in [0.2, 0.25) is 0 Å². The maximum atomic E-state index is 11.4. The molecule has 16 heavy (non-hydrogen) atoms. The molecule has 4 fully saturated rings. The number of carbonyl (C=O) groups excluding carboxylic acids is 1. The number of nitrogens with zero attached hydrogens (tertiary/aromatic N) is 4. The van der Waals surface area contributed by atoms with Crippen molar-refractivity contribution >= 4 is 5.97 Å². The predicted octanol–water partition coefficient (Wildman–Crippen LogP) is -4.33. The monoisotopic (exact) mass is 292 g/mol. The van der Waals surface area contributed by atoms with Gasteiger partial charge >= 0.3 is 5.97 Å². The first-order chi connectivity index (χ1) is 7.19. The van der Waals surface area contributed by atoms with Crippen LogP contribution < -0.4 is 17.0 Å². The Morgan fingerprint density at radius 3 is 1.94 bits per heavy atom. The largest absolute Gasteiger partial charge is 1.00 e. The first-order valence-electron chi connectivity index (χ1n) is 5.28. The lowest BCUT2D eigenvalue weighted by atomic mass is 10.3. The van der Waals surface area contributed by atoms with Gasteiger partial charge in [-0.3, -0.25) is 4.48 Å². The molecular formula is C9H17BrN4O2. The van der Waals surface area contributed by atoms with E-state index in [1.54, 1.807) is 0 Å². The molecule has 4 aliphatic heterocycles. The molecule has 0 unspecified atom stereocenters. The van der Waals surface area contributed by atoms with Gasteiger partial charge in [-0.25, -0.2) is 19.5 Å². The summed E-state index contributed by atoms with van der Waals surface area (Å²) >= 11 is 0. The van der Waals surface area contributed by atoms with E-state index in [-0.39, 0.29) is 23.0 Å². The summed E-state index contributed by atoms with van der Waals surface area (Å²) in [7, 11) is 1.47. The van der Waals surface area contributed by atoms with Crippen molar-refractivity contribution in [3.63, 3.8) is 0 Å². The van der Waals surface area contributed by atoms with Crippen LogP contribution in [0, 0.1) is 0 Å². The molecule has 6 nitrogen and oxygen atoms in total. The van der Waals surface area contributed by atoms with Crippen molar-refractivity contribution < 1.29 is 31.0 Å². The average molecular weight is 293 g/mol. The lowest BCUT2D eigenvalue weighted by molar-refractivity contribution is -0.974. The molecule has 0 aromatic rings. The fourth-order valence-electron chi connectivity index (χ4n) is 3.15. The van der Waals surface area contributed by atoms with Crippen LogP contribution in [0.1, 0.15) is 0 Å². The van der Waals surface area contributed by atoms with Crippen LogP contribution in [0.25, 0.3) is 0 Å². The van der Waals surface area contributed by atoms with Crippen molar-refractivity contribution in [3.8, 4) is 0 Å². The van der Waals surface area contributed by atoms with Gasteiger partial charge in [-0.05, 0) is 0 Å². The summed E-state index contributed by atoms with van der Waals surface area (Å²) in [5, 5.41) is 0. The number of quaternary nitrogens is 1. The summed E-state index contributed by atoms with van der Waals surface area (Å²) in [5.41, 5.74) is 0. The van der Waals surface area contributed by atoms with E-state index in [0.717, 1.165) is 44.5 Å². The van der Waals surface area contributed by atoms with E-state index < -0.39 is 0 Å². The molecule has 0 amide bonds. The Bertz CT molecular complexity index is 264. The Morgan fingerprint density at radius 1 is 1.12 bits per heavy atom. The Balaban J connectivity index is 0.000000963. The summed E-state index contributed by atoms with van der Waals surface area (Å²) in [6, 6.07) is 0. The summed E-state index contributed by atoms with van der Waals surface area (Å²) in [6.07, 6.45) is 0. The topological polar surface area (TPSA) is 36.0 Å². The van der Waals surface area contributed by atoms with Crippen LogP contribution >= 0.6 is 0 Å². The average Bonchev–Trinajstić information content (AvgIpc) is 2.14. The van der Waals surface area contributed by atoms with Gasteiger partial charge in [0, 0.05) is 0 Å². The Hall–Kier alpha value is -0.210. The molecule has 0 spiro atoms. The van der Waals surface area contributed by atoms with Crippen molar-refractivity contribution in [3.05, 3.63) is 0 Å². The zero-order valence-corrected chi connectivity index (χ0v) is 11.0. The fraction of sp³-hybridized carbons (Fsp3) is 0.889. The number of rotatable bonds is 2. The Morgan fingerprint density at radius 2 is 1.56 bits per heavy atom. The minimum absolute atomic E-state index is 0. The summed E-state index contributed by atoms with van der Waals surface area (Å²) < 4.78 is 5.61. The first-order valence-corrected chi connectivity index (χ1v) is 5.28. The molecule has 0 saturated carbocycles. The van der Waals surface area contributed by atoms with Crippen LogP contribution in [-0.4, -0.2) is 78.8 Å². The number of methoxy groups -OCH3 is 1. The third-order valence-corrected chi connectivity index (χ3v) is 3.39. The standard InChI is InChI=1S/C9H17N4O2.BrH/c1-15-9(14)2-13-6-10-3-11(7-13)5-12(4-10)8-13;/h2-8H2,1H3;1H/q+1;/p-1. The lowest BCUT2D eigenvalue weighted by Gasteiger charge is -2.60. The number of carbonyl (C=O) groups is 1. The number of esters is 1. The molecule has 4 aliphatic rings. The highest BCUT2D eigenvalue weighted by atomic mass is 79.9. The van der Waals surface area contributed by atoms with E-state index in [1.807, 2.05) is 0 Å².